The molecule has 6 heteroatoms. The second-order valence-electron chi connectivity index (χ2n) is 6.64. The summed E-state index contributed by atoms with van der Waals surface area (Å²) >= 11 is 1.68. The number of benzene rings is 1. The fraction of sp³-hybridized carbons (Fsp3) is 0.500. The first-order valence-corrected chi connectivity index (χ1v) is 9.28. The molecule has 1 aromatic carbocycles. The van der Waals surface area contributed by atoms with Gasteiger partial charge >= 0.3 is 0 Å². The van der Waals surface area contributed by atoms with Crippen LogP contribution in [0.1, 0.15) is 36.6 Å². The number of hydrogen-bond acceptors (Lipinski definition) is 4. The molecule has 128 valence electrons. The Morgan fingerprint density at radius 1 is 1.46 bits per heavy atom. The fourth-order valence-corrected chi connectivity index (χ4v) is 3.92. The Morgan fingerprint density at radius 3 is 2.96 bits per heavy atom. The van der Waals surface area contributed by atoms with Crippen molar-refractivity contribution in [3.05, 3.63) is 41.7 Å². The van der Waals surface area contributed by atoms with Gasteiger partial charge in [-0.2, -0.15) is 0 Å². The lowest BCUT2D eigenvalue weighted by molar-refractivity contribution is -0.129. The molecule has 0 bridgehead atoms. The highest BCUT2D eigenvalue weighted by Gasteiger charge is 2.23. The summed E-state index contributed by atoms with van der Waals surface area (Å²) in [6, 6.07) is 8.34. The Hall–Kier alpha value is -1.82. The number of aryl methyl sites for hydroxylation is 1. The Labute approximate surface area is 147 Å². The van der Waals surface area contributed by atoms with E-state index in [0.29, 0.717) is 12.3 Å². The van der Waals surface area contributed by atoms with E-state index in [1.807, 2.05) is 28.6 Å². The van der Waals surface area contributed by atoms with Crippen LogP contribution in [0.5, 0.6) is 0 Å². The Kier molecular flexibility index (Phi) is 5.23. The molecular weight excluding hydrogens is 320 g/mol. The maximum absolute atomic E-state index is 12.4. The van der Waals surface area contributed by atoms with Crippen LogP contribution in [-0.2, 0) is 18.3 Å². The highest BCUT2D eigenvalue weighted by Crippen LogP contribution is 2.33. The molecule has 5 nitrogen and oxygen atoms in total. The van der Waals surface area contributed by atoms with Gasteiger partial charge in [0.25, 0.3) is 0 Å². The highest BCUT2D eigenvalue weighted by atomic mass is 32.2. The van der Waals surface area contributed by atoms with Crippen molar-refractivity contribution < 1.29 is 4.79 Å². The third-order valence-electron chi connectivity index (χ3n) is 4.50. The molecule has 1 fully saturated rings. The standard InChI is InChI=1S/C18H24N4OS/c1-13-7-8-22(11-13)17(23)10-15-5-4-6-16(9-15)14(2)24-18-20-19-12-21(18)3/h4-6,9,12-14H,7-8,10-11H2,1-3H3/t13?,14-/m0/s1. The predicted octanol–water partition coefficient (Wildman–Crippen LogP) is 3.08. The highest BCUT2D eigenvalue weighted by molar-refractivity contribution is 7.99. The van der Waals surface area contributed by atoms with E-state index in [0.717, 1.165) is 30.2 Å². The first-order chi connectivity index (χ1) is 11.5. The van der Waals surface area contributed by atoms with Gasteiger partial charge in [-0.05, 0) is 30.4 Å². The van der Waals surface area contributed by atoms with Gasteiger partial charge in [-0.25, -0.2) is 0 Å². The van der Waals surface area contributed by atoms with Gasteiger partial charge in [0.2, 0.25) is 5.91 Å². The van der Waals surface area contributed by atoms with Crippen LogP contribution < -0.4 is 0 Å². The molecule has 1 amide bonds. The molecule has 1 aliphatic rings. The molecule has 3 rings (SSSR count). The van der Waals surface area contributed by atoms with E-state index in [1.54, 1.807) is 18.1 Å². The van der Waals surface area contributed by atoms with Crippen LogP contribution in [0, 0.1) is 5.92 Å². The number of amides is 1. The van der Waals surface area contributed by atoms with Gasteiger partial charge in [-0.3, -0.25) is 4.79 Å². The largest absolute Gasteiger partial charge is 0.342 e. The molecule has 0 radical (unpaired) electrons. The molecule has 2 atom stereocenters. The number of carbonyl (C=O) groups is 1. The fourth-order valence-electron chi connectivity index (χ4n) is 3.01. The number of carbonyl (C=O) groups excluding carboxylic acids is 1. The molecule has 1 unspecified atom stereocenters. The van der Waals surface area contributed by atoms with E-state index in [4.69, 9.17) is 0 Å². The monoisotopic (exact) mass is 344 g/mol. The summed E-state index contributed by atoms with van der Waals surface area (Å²) in [6.07, 6.45) is 3.32. The van der Waals surface area contributed by atoms with Crippen LogP contribution in [0.4, 0.5) is 0 Å². The summed E-state index contributed by atoms with van der Waals surface area (Å²) in [5, 5.41) is 9.20. The van der Waals surface area contributed by atoms with Crippen molar-refractivity contribution in [2.75, 3.05) is 13.1 Å². The average Bonchev–Trinajstić information content (AvgIpc) is 3.17. The van der Waals surface area contributed by atoms with Crippen molar-refractivity contribution in [2.45, 2.75) is 37.1 Å². The quantitative estimate of drug-likeness (QED) is 0.782. The van der Waals surface area contributed by atoms with E-state index in [1.165, 1.54) is 5.56 Å². The van der Waals surface area contributed by atoms with Gasteiger partial charge in [-0.1, -0.05) is 43.0 Å². The van der Waals surface area contributed by atoms with Crippen LogP contribution in [0.25, 0.3) is 0 Å². The Bertz CT molecular complexity index is 715. The SMILES string of the molecule is CC1CCN(C(=O)Cc2cccc([C@H](C)Sc3nncn3C)c2)C1. The zero-order valence-corrected chi connectivity index (χ0v) is 15.3. The first kappa shape index (κ1) is 17.0. The lowest BCUT2D eigenvalue weighted by Gasteiger charge is -2.17. The molecule has 2 aromatic rings. The summed E-state index contributed by atoms with van der Waals surface area (Å²) < 4.78 is 1.92. The maximum Gasteiger partial charge on any atom is 0.226 e. The second-order valence-corrected chi connectivity index (χ2v) is 7.95. The Morgan fingerprint density at radius 2 is 2.29 bits per heavy atom. The zero-order valence-electron chi connectivity index (χ0n) is 14.5. The van der Waals surface area contributed by atoms with Crippen molar-refractivity contribution in [1.29, 1.82) is 0 Å². The minimum atomic E-state index is 0.241. The normalized spacial score (nSPS) is 18.8. The third-order valence-corrected chi connectivity index (χ3v) is 5.71. The van der Waals surface area contributed by atoms with Gasteiger partial charge in [-0.15, -0.1) is 10.2 Å². The van der Waals surface area contributed by atoms with Gasteiger partial charge < -0.3 is 9.47 Å². The van der Waals surface area contributed by atoms with Crippen molar-refractivity contribution in [3.63, 3.8) is 0 Å². The maximum atomic E-state index is 12.4. The molecule has 1 aromatic heterocycles. The Balaban J connectivity index is 1.65. The average molecular weight is 344 g/mol. The number of rotatable bonds is 5. The van der Waals surface area contributed by atoms with Gasteiger partial charge in [0, 0.05) is 25.4 Å². The van der Waals surface area contributed by atoms with Gasteiger partial charge in [0.05, 0.1) is 6.42 Å². The molecule has 24 heavy (non-hydrogen) atoms. The molecule has 0 saturated carbocycles. The predicted molar refractivity (Wildman–Crippen MR) is 95.8 cm³/mol. The van der Waals surface area contributed by atoms with Crippen molar-refractivity contribution in [1.82, 2.24) is 19.7 Å². The number of likely N-dealkylation sites (tertiary alicyclic amines) is 1. The van der Waals surface area contributed by atoms with E-state index in [9.17, 15) is 4.79 Å². The van der Waals surface area contributed by atoms with Gasteiger partial charge in [0.1, 0.15) is 6.33 Å². The minimum Gasteiger partial charge on any atom is -0.342 e. The van der Waals surface area contributed by atoms with E-state index >= 15 is 0 Å². The zero-order chi connectivity index (χ0) is 17.1. The summed E-state index contributed by atoms with van der Waals surface area (Å²) in [5.41, 5.74) is 2.30. The number of thioether (sulfide) groups is 1. The van der Waals surface area contributed by atoms with Crippen LogP contribution in [0.3, 0.4) is 0 Å². The van der Waals surface area contributed by atoms with E-state index in [-0.39, 0.29) is 11.2 Å². The lowest BCUT2D eigenvalue weighted by atomic mass is 10.1. The molecule has 0 spiro atoms. The van der Waals surface area contributed by atoms with Crippen LogP contribution >= 0.6 is 11.8 Å². The number of hydrogen-bond donors (Lipinski definition) is 0. The first-order valence-electron chi connectivity index (χ1n) is 8.40. The summed E-state index contributed by atoms with van der Waals surface area (Å²) in [5.74, 6) is 0.869. The van der Waals surface area contributed by atoms with Crippen molar-refractivity contribution in [2.24, 2.45) is 13.0 Å². The molecule has 1 saturated heterocycles. The number of aromatic nitrogens is 3. The molecular formula is C18H24N4OS. The topological polar surface area (TPSA) is 51.0 Å². The van der Waals surface area contributed by atoms with E-state index < -0.39 is 0 Å². The molecule has 0 N–H and O–H groups in total. The van der Waals surface area contributed by atoms with Crippen LogP contribution in [0.2, 0.25) is 0 Å². The van der Waals surface area contributed by atoms with Crippen molar-refractivity contribution in [3.8, 4) is 0 Å². The molecule has 2 heterocycles. The van der Waals surface area contributed by atoms with Crippen molar-refractivity contribution >= 4 is 17.7 Å². The second kappa shape index (κ2) is 7.38. The molecule has 0 aliphatic carbocycles. The smallest absolute Gasteiger partial charge is 0.226 e. The van der Waals surface area contributed by atoms with Gasteiger partial charge in [0.15, 0.2) is 5.16 Å². The summed E-state index contributed by atoms with van der Waals surface area (Å²) in [7, 11) is 1.95. The minimum absolute atomic E-state index is 0.241. The number of nitrogens with zero attached hydrogens (tertiary/aromatic N) is 4. The van der Waals surface area contributed by atoms with E-state index in [2.05, 4.69) is 36.2 Å². The van der Waals surface area contributed by atoms with Crippen LogP contribution in [-0.4, -0.2) is 38.7 Å². The molecule has 1 aliphatic heterocycles. The van der Waals surface area contributed by atoms with Crippen LogP contribution in [0.15, 0.2) is 35.7 Å². The summed E-state index contributed by atoms with van der Waals surface area (Å²) in [6.45, 7) is 6.16. The third kappa shape index (κ3) is 3.98. The lowest BCUT2D eigenvalue weighted by Crippen LogP contribution is -2.29. The summed E-state index contributed by atoms with van der Waals surface area (Å²) in [4.78, 5) is 14.4.